The van der Waals surface area contributed by atoms with Crippen molar-refractivity contribution in [1.82, 2.24) is 0 Å². The number of hydrogen-bond donors (Lipinski definition) is 1. The lowest BCUT2D eigenvalue weighted by Gasteiger charge is -2.09. The summed E-state index contributed by atoms with van der Waals surface area (Å²) in [5.41, 5.74) is 9.37. The Morgan fingerprint density at radius 3 is 2.37 bits per heavy atom. The summed E-state index contributed by atoms with van der Waals surface area (Å²) >= 11 is 0. The highest BCUT2D eigenvalue weighted by Gasteiger charge is 2.00. The molecule has 0 bridgehead atoms. The zero-order valence-electron chi connectivity index (χ0n) is 11.3. The topological polar surface area (TPSA) is 35.2 Å². The Morgan fingerprint density at radius 1 is 1.11 bits per heavy atom. The quantitative estimate of drug-likeness (QED) is 0.916. The fourth-order valence-electron chi connectivity index (χ4n) is 1.84. The van der Waals surface area contributed by atoms with E-state index in [1.165, 1.54) is 11.1 Å². The first-order valence-electron chi connectivity index (χ1n) is 6.19. The van der Waals surface area contributed by atoms with Gasteiger partial charge < -0.3 is 10.5 Å². The molecule has 3 heteroatoms. The van der Waals surface area contributed by atoms with E-state index in [2.05, 4.69) is 25.1 Å². The zero-order chi connectivity index (χ0) is 13.0. The first-order chi connectivity index (χ1) is 8.65. The second-order valence-corrected chi connectivity index (χ2v) is 4.64. The van der Waals surface area contributed by atoms with Crippen molar-refractivity contribution in [1.29, 1.82) is 0 Å². The van der Waals surface area contributed by atoms with Crippen molar-refractivity contribution in [3.8, 4) is 5.75 Å². The van der Waals surface area contributed by atoms with Crippen LogP contribution in [-0.2, 0) is 6.61 Å². The summed E-state index contributed by atoms with van der Waals surface area (Å²) in [4.78, 5) is 0. The number of halogens is 1. The Balaban J connectivity index is 0.00000180. The molecule has 0 radical (unpaired) electrons. The SMILES string of the molecule is Cc1cccc(COc2ccc(C(C)N)cc2)c1.Cl. The van der Waals surface area contributed by atoms with Crippen LogP contribution in [0.2, 0.25) is 0 Å². The second-order valence-electron chi connectivity index (χ2n) is 4.64. The fourth-order valence-corrected chi connectivity index (χ4v) is 1.84. The molecule has 1 atom stereocenters. The Kier molecular flexibility index (Phi) is 5.87. The molecule has 102 valence electrons. The molecule has 0 amide bonds. The van der Waals surface area contributed by atoms with Gasteiger partial charge in [-0.3, -0.25) is 0 Å². The van der Waals surface area contributed by atoms with Crippen molar-refractivity contribution < 1.29 is 4.74 Å². The van der Waals surface area contributed by atoms with Gasteiger partial charge in [-0.1, -0.05) is 42.0 Å². The van der Waals surface area contributed by atoms with Crippen LogP contribution in [0.1, 0.15) is 29.7 Å². The summed E-state index contributed by atoms with van der Waals surface area (Å²) in [6, 6.07) is 16.4. The van der Waals surface area contributed by atoms with E-state index in [1.807, 2.05) is 37.3 Å². The molecule has 2 nitrogen and oxygen atoms in total. The van der Waals surface area contributed by atoms with Crippen molar-refractivity contribution >= 4 is 12.4 Å². The van der Waals surface area contributed by atoms with E-state index in [0.717, 1.165) is 11.3 Å². The summed E-state index contributed by atoms with van der Waals surface area (Å²) in [6.45, 7) is 4.66. The van der Waals surface area contributed by atoms with E-state index >= 15 is 0 Å². The van der Waals surface area contributed by atoms with E-state index in [4.69, 9.17) is 10.5 Å². The first-order valence-corrected chi connectivity index (χ1v) is 6.19. The van der Waals surface area contributed by atoms with Crippen LogP contribution >= 0.6 is 12.4 Å². The number of benzene rings is 2. The van der Waals surface area contributed by atoms with Crippen LogP contribution in [0.3, 0.4) is 0 Å². The van der Waals surface area contributed by atoms with Gasteiger partial charge in [0.25, 0.3) is 0 Å². The van der Waals surface area contributed by atoms with Gasteiger partial charge in [0.05, 0.1) is 0 Å². The van der Waals surface area contributed by atoms with Crippen LogP contribution in [0.25, 0.3) is 0 Å². The maximum Gasteiger partial charge on any atom is 0.119 e. The van der Waals surface area contributed by atoms with Gasteiger partial charge in [0, 0.05) is 6.04 Å². The number of rotatable bonds is 4. The van der Waals surface area contributed by atoms with Gasteiger partial charge >= 0.3 is 0 Å². The number of aryl methyl sites for hydroxylation is 1. The first kappa shape index (κ1) is 15.5. The molecule has 2 rings (SSSR count). The van der Waals surface area contributed by atoms with Crippen LogP contribution in [0.5, 0.6) is 5.75 Å². The summed E-state index contributed by atoms with van der Waals surface area (Å²) in [5.74, 6) is 0.876. The predicted molar refractivity (Wildman–Crippen MR) is 81.8 cm³/mol. The molecule has 0 aliphatic carbocycles. The van der Waals surface area contributed by atoms with Crippen molar-refractivity contribution in [2.24, 2.45) is 5.73 Å². The Labute approximate surface area is 121 Å². The number of hydrogen-bond acceptors (Lipinski definition) is 2. The van der Waals surface area contributed by atoms with Crippen molar-refractivity contribution in [2.45, 2.75) is 26.5 Å². The van der Waals surface area contributed by atoms with Gasteiger partial charge in [-0.25, -0.2) is 0 Å². The molecule has 0 aliphatic rings. The van der Waals surface area contributed by atoms with Gasteiger partial charge in [0.2, 0.25) is 0 Å². The average molecular weight is 278 g/mol. The average Bonchev–Trinajstić information content (AvgIpc) is 2.37. The molecule has 0 saturated carbocycles. The summed E-state index contributed by atoms with van der Waals surface area (Å²) < 4.78 is 5.74. The monoisotopic (exact) mass is 277 g/mol. The van der Waals surface area contributed by atoms with Gasteiger partial charge in [0.15, 0.2) is 0 Å². The van der Waals surface area contributed by atoms with Crippen molar-refractivity contribution in [3.05, 3.63) is 65.2 Å². The third-order valence-electron chi connectivity index (χ3n) is 2.89. The van der Waals surface area contributed by atoms with Crippen LogP contribution in [0.4, 0.5) is 0 Å². The zero-order valence-corrected chi connectivity index (χ0v) is 12.1. The normalized spacial score (nSPS) is 11.5. The molecule has 0 fully saturated rings. The molecule has 0 aromatic heterocycles. The molecule has 0 spiro atoms. The summed E-state index contributed by atoms with van der Waals surface area (Å²) in [6.07, 6.45) is 0. The van der Waals surface area contributed by atoms with E-state index in [9.17, 15) is 0 Å². The molecule has 0 saturated heterocycles. The highest BCUT2D eigenvalue weighted by atomic mass is 35.5. The Bertz CT molecular complexity index is 508. The maximum atomic E-state index is 5.80. The molecule has 0 heterocycles. The maximum absolute atomic E-state index is 5.80. The third-order valence-corrected chi connectivity index (χ3v) is 2.89. The highest BCUT2D eigenvalue weighted by molar-refractivity contribution is 5.85. The standard InChI is InChI=1S/C16H19NO.ClH/c1-12-4-3-5-14(10-12)11-18-16-8-6-15(7-9-16)13(2)17;/h3-10,13H,11,17H2,1-2H3;1H. The highest BCUT2D eigenvalue weighted by Crippen LogP contribution is 2.17. The molecular weight excluding hydrogens is 258 g/mol. The van der Waals surface area contributed by atoms with E-state index in [0.29, 0.717) is 6.61 Å². The van der Waals surface area contributed by atoms with E-state index < -0.39 is 0 Å². The predicted octanol–water partition coefficient (Wildman–Crippen LogP) is 4.02. The number of ether oxygens (including phenoxy) is 1. The summed E-state index contributed by atoms with van der Waals surface area (Å²) in [7, 11) is 0. The smallest absolute Gasteiger partial charge is 0.119 e. The van der Waals surface area contributed by atoms with Crippen molar-refractivity contribution in [3.63, 3.8) is 0 Å². The van der Waals surface area contributed by atoms with Gasteiger partial charge in [0.1, 0.15) is 12.4 Å². The minimum Gasteiger partial charge on any atom is -0.489 e. The molecular formula is C16H20ClNO. The summed E-state index contributed by atoms with van der Waals surface area (Å²) in [5, 5.41) is 0. The second kappa shape index (κ2) is 7.17. The minimum absolute atomic E-state index is 0. The molecule has 2 N–H and O–H groups in total. The lowest BCUT2D eigenvalue weighted by atomic mass is 10.1. The van der Waals surface area contributed by atoms with Gasteiger partial charge in [-0.05, 0) is 37.1 Å². The van der Waals surface area contributed by atoms with Crippen LogP contribution < -0.4 is 10.5 Å². The fraction of sp³-hybridized carbons (Fsp3) is 0.250. The molecule has 0 aliphatic heterocycles. The van der Waals surface area contributed by atoms with Crippen molar-refractivity contribution in [2.75, 3.05) is 0 Å². The lowest BCUT2D eigenvalue weighted by Crippen LogP contribution is -2.04. The minimum atomic E-state index is 0. The van der Waals surface area contributed by atoms with Crippen LogP contribution in [0.15, 0.2) is 48.5 Å². The van der Waals surface area contributed by atoms with Crippen LogP contribution in [-0.4, -0.2) is 0 Å². The third kappa shape index (κ3) is 4.58. The van der Waals surface area contributed by atoms with E-state index in [1.54, 1.807) is 0 Å². The molecule has 1 unspecified atom stereocenters. The largest absolute Gasteiger partial charge is 0.489 e. The Morgan fingerprint density at radius 2 is 1.79 bits per heavy atom. The molecule has 2 aromatic rings. The van der Waals surface area contributed by atoms with Gasteiger partial charge in [-0.15, -0.1) is 12.4 Å². The van der Waals surface area contributed by atoms with E-state index in [-0.39, 0.29) is 18.4 Å². The molecule has 19 heavy (non-hydrogen) atoms. The van der Waals surface area contributed by atoms with Crippen LogP contribution in [0, 0.1) is 6.92 Å². The lowest BCUT2D eigenvalue weighted by molar-refractivity contribution is 0.306. The van der Waals surface area contributed by atoms with Gasteiger partial charge in [-0.2, -0.15) is 0 Å². The number of nitrogens with two attached hydrogens (primary N) is 1. The molecule has 2 aromatic carbocycles. The Hall–Kier alpha value is -1.51.